The highest BCUT2D eigenvalue weighted by molar-refractivity contribution is 9.14. The van der Waals surface area contributed by atoms with Gasteiger partial charge in [-0.3, -0.25) is 0 Å². The highest BCUT2D eigenvalue weighted by Gasteiger charge is 2.04. The van der Waals surface area contributed by atoms with Gasteiger partial charge in [0.1, 0.15) is 5.75 Å². The molecule has 15 heavy (non-hydrogen) atoms. The number of rotatable bonds is 1. The highest BCUT2D eigenvalue weighted by Crippen LogP contribution is 2.36. The van der Waals surface area contributed by atoms with Crippen molar-refractivity contribution in [2.24, 2.45) is 0 Å². The van der Waals surface area contributed by atoms with Gasteiger partial charge in [-0.05, 0) is 59.9 Å². The maximum atomic E-state index is 9.25. The fourth-order valence-corrected chi connectivity index (χ4v) is 1.79. The Hall–Kier alpha value is -0.330. The minimum absolute atomic E-state index is 0.232. The maximum absolute atomic E-state index is 9.25. The van der Waals surface area contributed by atoms with Crippen molar-refractivity contribution in [3.63, 3.8) is 0 Å². The number of aliphatic carboxylic acids is 1. The summed E-state index contributed by atoms with van der Waals surface area (Å²) in [5.41, 5.74) is 0. The number of hydrogen-bond acceptors (Lipinski definition) is 2. The number of benzene rings is 1. The van der Waals surface area contributed by atoms with Crippen molar-refractivity contribution in [1.29, 1.82) is 0 Å². The quantitative estimate of drug-likeness (QED) is 0.552. The zero-order valence-electron chi connectivity index (χ0n) is 7.38. The first-order valence-corrected chi connectivity index (χ1v) is 5.95. The smallest absolute Gasteiger partial charge is 0.327 e. The first kappa shape index (κ1) is 14.7. The van der Waals surface area contributed by atoms with Crippen LogP contribution in [0.1, 0.15) is 0 Å². The standard InChI is InChI=1S/C6H3Br3O.C3H4O2/c7-3-1-2-4(10)6(9)5(3)8;1-2-3(4)5/h1-2,10H;2H,1H2,(H,4,5). The number of carboxylic acid groups (broad SMARTS) is 1. The van der Waals surface area contributed by atoms with Crippen molar-refractivity contribution in [2.45, 2.75) is 0 Å². The Balaban J connectivity index is 0.000000336. The van der Waals surface area contributed by atoms with Crippen molar-refractivity contribution in [2.75, 3.05) is 0 Å². The second kappa shape index (κ2) is 7.03. The molecule has 3 nitrogen and oxygen atoms in total. The van der Waals surface area contributed by atoms with E-state index in [1.54, 1.807) is 12.1 Å². The summed E-state index contributed by atoms with van der Waals surface area (Å²) in [6, 6.07) is 3.38. The van der Waals surface area contributed by atoms with Crippen molar-refractivity contribution >= 4 is 53.8 Å². The Kier molecular flexibility index (Phi) is 6.87. The Labute approximate surface area is 112 Å². The van der Waals surface area contributed by atoms with Gasteiger partial charge in [0.2, 0.25) is 0 Å². The molecule has 0 aliphatic rings. The molecule has 0 heterocycles. The van der Waals surface area contributed by atoms with Gasteiger partial charge < -0.3 is 10.2 Å². The van der Waals surface area contributed by atoms with Crippen LogP contribution in [0, 0.1) is 0 Å². The Morgan fingerprint density at radius 1 is 1.27 bits per heavy atom. The van der Waals surface area contributed by atoms with Gasteiger partial charge in [-0.15, -0.1) is 0 Å². The minimum atomic E-state index is -0.981. The lowest BCUT2D eigenvalue weighted by molar-refractivity contribution is -0.131. The van der Waals surface area contributed by atoms with Crippen molar-refractivity contribution in [1.82, 2.24) is 0 Å². The van der Waals surface area contributed by atoms with Gasteiger partial charge in [0.05, 0.1) is 4.47 Å². The molecule has 1 aromatic rings. The van der Waals surface area contributed by atoms with Crippen LogP contribution in [0.3, 0.4) is 0 Å². The Morgan fingerprint density at radius 3 is 2.07 bits per heavy atom. The third-order valence-electron chi connectivity index (χ3n) is 1.19. The number of phenols is 1. The minimum Gasteiger partial charge on any atom is -0.507 e. The van der Waals surface area contributed by atoms with Crippen molar-refractivity contribution in [3.05, 3.63) is 38.2 Å². The molecule has 0 amide bonds. The molecule has 6 heteroatoms. The third kappa shape index (κ3) is 5.34. The first-order valence-electron chi connectivity index (χ1n) is 3.58. The molecule has 1 aromatic carbocycles. The van der Waals surface area contributed by atoms with E-state index >= 15 is 0 Å². The van der Waals surface area contributed by atoms with E-state index in [9.17, 15) is 4.79 Å². The number of phenolic OH excluding ortho intramolecular Hbond substituents is 1. The predicted molar refractivity (Wildman–Crippen MR) is 69.0 cm³/mol. The molecule has 82 valence electrons. The molecule has 0 aliphatic heterocycles. The summed E-state index contributed by atoms with van der Waals surface area (Å²) < 4.78 is 2.41. The van der Waals surface area contributed by atoms with E-state index < -0.39 is 5.97 Å². The van der Waals surface area contributed by atoms with E-state index in [4.69, 9.17) is 10.2 Å². The second-order valence-electron chi connectivity index (χ2n) is 2.24. The van der Waals surface area contributed by atoms with Crippen LogP contribution < -0.4 is 0 Å². The topological polar surface area (TPSA) is 57.5 Å². The summed E-state index contributed by atoms with van der Waals surface area (Å²) >= 11 is 9.77. The molecule has 0 spiro atoms. The largest absolute Gasteiger partial charge is 0.507 e. The van der Waals surface area contributed by atoms with Gasteiger partial charge in [-0.1, -0.05) is 6.58 Å². The van der Waals surface area contributed by atoms with Gasteiger partial charge in [-0.2, -0.15) is 0 Å². The zero-order chi connectivity index (χ0) is 12.0. The lowest BCUT2D eigenvalue weighted by Gasteiger charge is -2.00. The first-order chi connectivity index (χ1) is 6.90. The Bertz CT molecular complexity index is 350. The SMILES string of the molecule is C=CC(=O)O.Oc1ccc(Br)c(Br)c1Br. The lowest BCUT2D eigenvalue weighted by atomic mass is 10.3. The summed E-state index contributed by atoms with van der Waals surface area (Å²) in [6.07, 6.45) is 0.833. The molecule has 0 radical (unpaired) electrons. The van der Waals surface area contributed by atoms with Crippen LogP contribution in [0.2, 0.25) is 0 Å². The van der Waals surface area contributed by atoms with Crippen LogP contribution >= 0.6 is 47.8 Å². The molecule has 0 unspecified atom stereocenters. The monoisotopic (exact) mass is 400 g/mol. The van der Waals surface area contributed by atoms with Crippen molar-refractivity contribution in [3.8, 4) is 5.75 Å². The molecule has 0 fully saturated rings. The van der Waals surface area contributed by atoms with Crippen LogP contribution in [0.15, 0.2) is 38.2 Å². The van der Waals surface area contributed by atoms with Crippen LogP contribution in [0.25, 0.3) is 0 Å². The second-order valence-corrected chi connectivity index (χ2v) is 4.68. The van der Waals surface area contributed by atoms with Crippen LogP contribution in [-0.2, 0) is 4.79 Å². The van der Waals surface area contributed by atoms with Gasteiger partial charge in [0.15, 0.2) is 0 Å². The fraction of sp³-hybridized carbons (Fsp3) is 0. The van der Waals surface area contributed by atoms with Crippen molar-refractivity contribution < 1.29 is 15.0 Å². The number of hydrogen-bond donors (Lipinski definition) is 2. The van der Waals surface area contributed by atoms with E-state index in [1.807, 2.05) is 0 Å². The van der Waals surface area contributed by atoms with Crippen LogP contribution in [0.4, 0.5) is 0 Å². The summed E-state index contributed by atoms with van der Waals surface area (Å²) in [4.78, 5) is 9.25. The molecule has 0 aromatic heterocycles. The Morgan fingerprint density at radius 2 is 1.73 bits per heavy atom. The fourth-order valence-electron chi connectivity index (χ4n) is 0.516. The molecule has 2 N–H and O–H groups in total. The average Bonchev–Trinajstić information content (AvgIpc) is 2.21. The van der Waals surface area contributed by atoms with Gasteiger partial charge in [0.25, 0.3) is 0 Å². The molecule has 0 saturated carbocycles. The van der Waals surface area contributed by atoms with E-state index in [0.29, 0.717) is 4.47 Å². The van der Waals surface area contributed by atoms with Crippen LogP contribution in [-0.4, -0.2) is 16.2 Å². The number of carboxylic acids is 1. The van der Waals surface area contributed by atoms with Gasteiger partial charge in [0, 0.05) is 15.0 Å². The molecular formula is C9H7Br3O3. The zero-order valence-corrected chi connectivity index (χ0v) is 12.1. The van der Waals surface area contributed by atoms with E-state index in [1.165, 1.54) is 0 Å². The number of aromatic hydroxyl groups is 1. The lowest BCUT2D eigenvalue weighted by Crippen LogP contribution is -1.82. The summed E-state index contributed by atoms with van der Waals surface area (Å²) in [7, 11) is 0. The number of carbonyl (C=O) groups is 1. The maximum Gasteiger partial charge on any atom is 0.327 e. The normalized spacial score (nSPS) is 8.73. The molecular weight excluding hydrogens is 396 g/mol. The van der Waals surface area contributed by atoms with Crippen LogP contribution in [0.5, 0.6) is 5.75 Å². The predicted octanol–water partition coefficient (Wildman–Crippen LogP) is 3.94. The van der Waals surface area contributed by atoms with Gasteiger partial charge >= 0.3 is 5.97 Å². The molecule has 0 saturated heterocycles. The van der Waals surface area contributed by atoms with E-state index in [-0.39, 0.29) is 5.75 Å². The van der Waals surface area contributed by atoms with E-state index in [0.717, 1.165) is 15.0 Å². The molecule has 0 aliphatic carbocycles. The molecule has 0 bridgehead atoms. The summed E-state index contributed by atoms with van der Waals surface area (Å²) in [6.45, 7) is 2.96. The summed E-state index contributed by atoms with van der Waals surface area (Å²) in [5, 5.41) is 16.7. The number of halogens is 3. The van der Waals surface area contributed by atoms with Gasteiger partial charge in [-0.25, -0.2) is 4.79 Å². The average molecular weight is 403 g/mol. The molecule has 1 rings (SSSR count). The van der Waals surface area contributed by atoms with E-state index in [2.05, 4.69) is 54.4 Å². The highest BCUT2D eigenvalue weighted by atomic mass is 79.9. The third-order valence-corrected chi connectivity index (χ3v) is 4.54. The summed E-state index contributed by atoms with van der Waals surface area (Å²) in [5.74, 6) is -0.750. The molecule has 0 atom stereocenters.